The average Bonchev–Trinajstić information content (AvgIpc) is 3.20. The number of hydrogen-bond donors (Lipinski definition) is 0. The zero-order chi connectivity index (χ0) is 24.8. The van der Waals surface area contributed by atoms with Crippen molar-refractivity contribution in [2.75, 3.05) is 31.1 Å². The van der Waals surface area contributed by atoms with Gasteiger partial charge in [-0.25, -0.2) is 0 Å². The van der Waals surface area contributed by atoms with Crippen LogP contribution < -0.4 is 10.5 Å². The first-order valence-corrected chi connectivity index (χ1v) is 12.0. The summed E-state index contributed by atoms with van der Waals surface area (Å²) >= 11 is 0.905. The van der Waals surface area contributed by atoms with Crippen LogP contribution in [0.2, 0.25) is 0 Å². The van der Waals surface area contributed by atoms with E-state index >= 15 is 0 Å². The number of pyridine rings is 1. The molecule has 0 radical (unpaired) electrons. The zero-order valence-corrected chi connectivity index (χ0v) is 19.4. The first-order valence-electron chi connectivity index (χ1n) is 11.2. The van der Waals surface area contributed by atoms with Crippen molar-refractivity contribution in [3.8, 4) is 0 Å². The highest BCUT2D eigenvalue weighted by Gasteiger charge is 2.41. The van der Waals surface area contributed by atoms with Gasteiger partial charge in [0.2, 0.25) is 0 Å². The number of halogens is 3. The maximum absolute atomic E-state index is 13.2. The van der Waals surface area contributed by atoms with Crippen LogP contribution in [0.5, 0.6) is 0 Å². The van der Waals surface area contributed by atoms with Crippen molar-refractivity contribution >= 4 is 32.2 Å². The van der Waals surface area contributed by atoms with Crippen molar-refractivity contribution < 1.29 is 18.1 Å². The normalized spacial score (nSPS) is 18.4. The summed E-state index contributed by atoms with van der Waals surface area (Å²) in [6.07, 6.45) is 1.61. The van der Waals surface area contributed by atoms with Crippen LogP contribution in [-0.2, 0) is 12.7 Å². The fourth-order valence-corrected chi connectivity index (χ4v) is 6.18. The minimum atomic E-state index is -4.80. The Morgan fingerprint density at radius 2 is 1.80 bits per heavy atom. The van der Waals surface area contributed by atoms with Gasteiger partial charge in [0, 0.05) is 44.6 Å². The summed E-state index contributed by atoms with van der Waals surface area (Å²) in [5, 5.41) is 11.5. The van der Waals surface area contributed by atoms with E-state index in [-0.39, 0.29) is 15.5 Å². The number of benzene rings is 1. The first-order chi connectivity index (χ1) is 16.6. The van der Waals surface area contributed by atoms with E-state index in [1.807, 2.05) is 17.0 Å². The molecule has 8 nitrogen and oxygen atoms in total. The number of likely N-dealkylation sites (tertiary alicyclic amines) is 1. The second kappa shape index (κ2) is 8.83. The van der Waals surface area contributed by atoms with Crippen molar-refractivity contribution in [2.24, 2.45) is 5.41 Å². The van der Waals surface area contributed by atoms with E-state index in [1.165, 1.54) is 5.56 Å². The van der Waals surface area contributed by atoms with E-state index in [9.17, 15) is 28.1 Å². The molecule has 0 saturated carbocycles. The smallest absolute Gasteiger partial charge is 0.348 e. The third-order valence-corrected chi connectivity index (χ3v) is 8.15. The van der Waals surface area contributed by atoms with Crippen LogP contribution in [-0.4, -0.2) is 46.0 Å². The number of fused-ring (bicyclic) bond motifs is 1. The summed E-state index contributed by atoms with van der Waals surface area (Å²) in [4.78, 5) is 35.7. The van der Waals surface area contributed by atoms with Crippen LogP contribution >= 0.6 is 11.3 Å². The van der Waals surface area contributed by atoms with Crippen molar-refractivity contribution in [1.29, 1.82) is 0 Å². The van der Waals surface area contributed by atoms with Crippen LogP contribution in [0.3, 0.4) is 0 Å². The Hall–Kier alpha value is -3.12. The molecule has 184 valence electrons. The molecular weight excluding hydrogens is 483 g/mol. The Bertz CT molecular complexity index is 1320. The third kappa shape index (κ3) is 4.72. The molecule has 35 heavy (non-hydrogen) atoms. The maximum atomic E-state index is 13.2. The molecule has 2 aliphatic heterocycles. The number of non-ortho nitro benzene ring substituents is 1. The lowest BCUT2D eigenvalue weighted by molar-refractivity contribution is -0.383. The number of piperidine rings is 1. The summed E-state index contributed by atoms with van der Waals surface area (Å²) < 4.78 is 39.5. The number of nitrogens with zero attached hydrogens (tertiary/aromatic N) is 5. The lowest BCUT2D eigenvalue weighted by atomic mass is 9.78. The molecule has 0 N–H and O–H groups in total. The fraction of sp³-hybridized carbons (Fsp3) is 0.435. The molecule has 2 fully saturated rings. The first kappa shape index (κ1) is 23.6. The van der Waals surface area contributed by atoms with E-state index in [1.54, 1.807) is 12.4 Å². The van der Waals surface area contributed by atoms with Crippen molar-refractivity contribution in [1.82, 2.24) is 14.9 Å². The lowest BCUT2D eigenvalue weighted by Crippen LogP contribution is -2.42. The van der Waals surface area contributed by atoms with Crippen molar-refractivity contribution in [2.45, 2.75) is 32.0 Å². The van der Waals surface area contributed by atoms with E-state index in [0.717, 1.165) is 50.2 Å². The van der Waals surface area contributed by atoms with Crippen LogP contribution in [0.15, 0.2) is 41.5 Å². The third-order valence-electron chi connectivity index (χ3n) is 6.98. The van der Waals surface area contributed by atoms with Gasteiger partial charge in [-0.3, -0.25) is 24.8 Å². The lowest BCUT2D eigenvalue weighted by Gasteiger charge is -2.39. The van der Waals surface area contributed by atoms with Gasteiger partial charge >= 0.3 is 6.18 Å². The number of nitro benzene ring substituents is 1. The molecule has 0 bridgehead atoms. The van der Waals surface area contributed by atoms with Gasteiger partial charge in [-0.1, -0.05) is 11.3 Å². The molecule has 1 aromatic carbocycles. The molecule has 0 aliphatic carbocycles. The minimum absolute atomic E-state index is 0.0809. The predicted octanol–water partition coefficient (Wildman–Crippen LogP) is 4.47. The number of anilines is 1. The quantitative estimate of drug-likeness (QED) is 0.382. The zero-order valence-electron chi connectivity index (χ0n) is 18.6. The van der Waals surface area contributed by atoms with Gasteiger partial charge in [0.05, 0.1) is 15.9 Å². The molecule has 0 amide bonds. The second-order valence-electron chi connectivity index (χ2n) is 9.23. The molecule has 2 aliphatic rings. The Kier molecular flexibility index (Phi) is 5.96. The maximum Gasteiger partial charge on any atom is 0.416 e. The molecule has 4 heterocycles. The highest BCUT2D eigenvalue weighted by atomic mass is 32.1. The predicted molar refractivity (Wildman–Crippen MR) is 126 cm³/mol. The summed E-state index contributed by atoms with van der Waals surface area (Å²) in [5.41, 5.74) is -1.45. The van der Waals surface area contributed by atoms with Gasteiger partial charge in [-0.05, 0) is 55.0 Å². The van der Waals surface area contributed by atoms with Gasteiger partial charge in [-0.15, -0.1) is 0 Å². The van der Waals surface area contributed by atoms with Gasteiger partial charge in [0.25, 0.3) is 11.2 Å². The molecular formula is C23H22F3N5O3S. The van der Waals surface area contributed by atoms with E-state index in [2.05, 4.69) is 14.9 Å². The van der Waals surface area contributed by atoms with Crippen LogP contribution in [0.4, 0.5) is 24.0 Å². The van der Waals surface area contributed by atoms with E-state index in [0.29, 0.717) is 30.4 Å². The monoisotopic (exact) mass is 505 g/mol. The SMILES string of the molecule is O=c1nc(N2CCC3(CCN(Cc4ccncc4)C3)CC2)sc2c([N+](=O)[O-])cc(C(F)(F)F)cc12. The number of nitro groups is 1. The van der Waals surface area contributed by atoms with Crippen molar-refractivity contribution in [3.05, 3.63) is 68.3 Å². The average molecular weight is 506 g/mol. The van der Waals surface area contributed by atoms with Gasteiger partial charge in [0.1, 0.15) is 4.70 Å². The molecule has 5 rings (SSSR count). The molecule has 1 spiro atoms. The highest BCUT2D eigenvalue weighted by Crippen LogP contribution is 2.43. The summed E-state index contributed by atoms with van der Waals surface area (Å²) in [6.45, 7) is 4.09. The Morgan fingerprint density at radius 3 is 2.46 bits per heavy atom. The number of hydrogen-bond acceptors (Lipinski definition) is 8. The Balaban J connectivity index is 1.35. The van der Waals surface area contributed by atoms with Crippen LogP contribution in [0, 0.1) is 15.5 Å². The van der Waals surface area contributed by atoms with E-state index in [4.69, 9.17) is 0 Å². The molecule has 3 aromatic rings. The summed E-state index contributed by atoms with van der Waals surface area (Å²) in [6, 6.07) is 5.16. The Labute approximate surface area is 202 Å². The van der Waals surface area contributed by atoms with Gasteiger partial charge < -0.3 is 4.90 Å². The minimum Gasteiger partial charge on any atom is -0.348 e. The molecule has 0 atom stereocenters. The number of aromatic nitrogens is 2. The molecule has 0 unspecified atom stereocenters. The van der Waals surface area contributed by atoms with Crippen LogP contribution in [0.1, 0.15) is 30.4 Å². The Morgan fingerprint density at radius 1 is 1.11 bits per heavy atom. The highest BCUT2D eigenvalue weighted by molar-refractivity contribution is 7.22. The molecule has 2 aromatic heterocycles. The largest absolute Gasteiger partial charge is 0.416 e. The summed E-state index contributed by atoms with van der Waals surface area (Å²) in [7, 11) is 0. The standard InChI is InChI=1S/C23H22F3N5O3S/c24-23(25,26)16-11-17-19(18(12-16)31(33)34)35-21(28-20(17)32)30-9-4-22(5-10-30)3-8-29(14-22)13-15-1-6-27-7-2-15/h1-2,6-7,11-12H,3-5,8-10,13-14H2. The summed E-state index contributed by atoms with van der Waals surface area (Å²) in [5.74, 6) is 0. The van der Waals surface area contributed by atoms with Gasteiger partial charge in [-0.2, -0.15) is 18.2 Å². The van der Waals surface area contributed by atoms with Gasteiger partial charge in [0.15, 0.2) is 5.13 Å². The van der Waals surface area contributed by atoms with Crippen molar-refractivity contribution in [3.63, 3.8) is 0 Å². The molecule has 12 heteroatoms. The molecule has 2 saturated heterocycles. The van der Waals surface area contributed by atoms with E-state index < -0.39 is 27.9 Å². The second-order valence-corrected chi connectivity index (χ2v) is 10.2. The number of rotatable bonds is 4. The van der Waals surface area contributed by atoms with Crippen LogP contribution in [0.25, 0.3) is 10.1 Å². The number of alkyl halides is 3. The topological polar surface area (TPSA) is 92.5 Å². The fourth-order valence-electron chi connectivity index (χ4n) is 5.06.